The second-order valence-electron chi connectivity index (χ2n) is 5.49. The first-order valence-electron chi connectivity index (χ1n) is 7.67. The minimum absolute atomic E-state index is 0.752. The molecule has 0 N–H and O–H groups in total. The predicted octanol–water partition coefficient (Wildman–Crippen LogP) is 6.80. The van der Waals surface area contributed by atoms with Crippen LogP contribution in [0.15, 0.2) is 84.2 Å². The molecule has 1 aromatic heterocycles. The van der Waals surface area contributed by atoms with E-state index in [1.54, 1.807) is 11.3 Å². The molecule has 0 aliphatic carbocycles. The third-order valence-electron chi connectivity index (χ3n) is 3.86. The fourth-order valence-electron chi connectivity index (χ4n) is 2.62. The Balaban J connectivity index is 1.69. The highest BCUT2D eigenvalue weighted by atomic mass is 35.5. The van der Waals surface area contributed by atoms with Gasteiger partial charge in [0.05, 0.1) is 5.69 Å². The number of benzene rings is 3. The lowest BCUT2D eigenvalue weighted by Crippen LogP contribution is -1.82. The Hall–Kier alpha value is -2.42. The van der Waals surface area contributed by atoms with Crippen LogP contribution in [0.4, 0.5) is 0 Å². The molecule has 3 heteroatoms. The summed E-state index contributed by atoms with van der Waals surface area (Å²) in [6, 6.07) is 26.6. The lowest BCUT2D eigenvalue weighted by molar-refractivity contribution is 1.40. The van der Waals surface area contributed by atoms with Gasteiger partial charge in [0.2, 0.25) is 0 Å². The number of rotatable bonds is 3. The number of nitrogens with zero attached hydrogens (tertiary/aromatic N) is 1. The van der Waals surface area contributed by atoms with E-state index in [1.807, 2.05) is 42.5 Å². The molecule has 116 valence electrons. The molecule has 0 saturated carbocycles. The molecule has 0 fully saturated rings. The normalized spacial score (nSPS) is 10.7. The average molecular weight is 348 g/mol. The van der Waals surface area contributed by atoms with Gasteiger partial charge in [-0.3, -0.25) is 0 Å². The predicted molar refractivity (Wildman–Crippen MR) is 103 cm³/mol. The van der Waals surface area contributed by atoms with Crippen molar-refractivity contribution in [1.82, 2.24) is 4.98 Å². The van der Waals surface area contributed by atoms with Gasteiger partial charge in [-0.25, -0.2) is 4.98 Å². The maximum atomic E-state index is 5.98. The van der Waals surface area contributed by atoms with E-state index in [-0.39, 0.29) is 0 Å². The van der Waals surface area contributed by atoms with Gasteiger partial charge < -0.3 is 0 Å². The first-order valence-corrected chi connectivity index (χ1v) is 8.93. The highest BCUT2D eigenvalue weighted by Gasteiger charge is 2.07. The molecule has 0 spiro atoms. The highest BCUT2D eigenvalue weighted by Crippen LogP contribution is 2.31. The van der Waals surface area contributed by atoms with Crippen LogP contribution in [-0.2, 0) is 0 Å². The third-order valence-corrected chi connectivity index (χ3v) is 5.00. The summed E-state index contributed by atoms with van der Waals surface area (Å²) in [5.41, 5.74) is 5.61. The quantitative estimate of drug-likeness (QED) is 0.397. The number of halogens is 1. The Morgan fingerprint density at radius 1 is 0.667 bits per heavy atom. The van der Waals surface area contributed by atoms with Crippen molar-refractivity contribution in [3.05, 3.63) is 89.3 Å². The number of hydrogen-bond donors (Lipinski definition) is 0. The topological polar surface area (TPSA) is 12.9 Å². The van der Waals surface area contributed by atoms with Crippen LogP contribution in [0.5, 0.6) is 0 Å². The summed E-state index contributed by atoms with van der Waals surface area (Å²) in [5.74, 6) is 0. The second kappa shape index (κ2) is 6.60. The Morgan fingerprint density at radius 2 is 1.38 bits per heavy atom. The van der Waals surface area contributed by atoms with Gasteiger partial charge in [-0.2, -0.15) is 0 Å². The largest absolute Gasteiger partial charge is 0.236 e. The first-order chi connectivity index (χ1) is 11.8. The summed E-state index contributed by atoms with van der Waals surface area (Å²) in [7, 11) is 0. The molecule has 0 atom stereocenters. The van der Waals surface area contributed by atoms with Crippen molar-refractivity contribution in [2.75, 3.05) is 0 Å². The molecule has 0 bridgehead atoms. The second-order valence-corrected chi connectivity index (χ2v) is 6.79. The van der Waals surface area contributed by atoms with Crippen molar-refractivity contribution in [3.63, 3.8) is 0 Å². The molecule has 0 amide bonds. The molecule has 4 rings (SSSR count). The van der Waals surface area contributed by atoms with Crippen LogP contribution in [0, 0.1) is 0 Å². The molecular weight excluding hydrogens is 334 g/mol. The molecule has 0 aliphatic heterocycles. The first kappa shape index (κ1) is 15.1. The summed E-state index contributed by atoms with van der Waals surface area (Å²) in [5, 5.41) is 3.91. The van der Waals surface area contributed by atoms with Crippen LogP contribution < -0.4 is 0 Å². The Bertz CT molecular complexity index is 959. The fourth-order valence-corrected chi connectivity index (χ4v) is 3.58. The SMILES string of the molecule is Clc1ccc(-c2cccc(-c3csc(-c4ccccc4)n3)c2)cc1. The fraction of sp³-hybridized carbons (Fsp3) is 0. The van der Waals surface area contributed by atoms with Gasteiger partial charge in [-0.05, 0) is 29.3 Å². The lowest BCUT2D eigenvalue weighted by Gasteiger charge is -2.04. The van der Waals surface area contributed by atoms with Crippen LogP contribution in [0.2, 0.25) is 5.02 Å². The zero-order valence-corrected chi connectivity index (χ0v) is 14.4. The minimum atomic E-state index is 0.752. The van der Waals surface area contributed by atoms with E-state index in [2.05, 4.69) is 41.8 Å². The highest BCUT2D eigenvalue weighted by molar-refractivity contribution is 7.13. The molecule has 0 aliphatic rings. The molecule has 0 radical (unpaired) electrons. The van der Waals surface area contributed by atoms with E-state index in [4.69, 9.17) is 16.6 Å². The maximum Gasteiger partial charge on any atom is 0.124 e. The number of thiazole rings is 1. The van der Waals surface area contributed by atoms with Gasteiger partial charge in [0.1, 0.15) is 5.01 Å². The van der Waals surface area contributed by atoms with E-state index in [0.717, 1.165) is 32.4 Å². The molecule has 1 nitrogen and oxygen atoms in total. The van der Waals surface area contributed by atoms with E-state index in [0.29, 0.717) is 0 Å². The molecule has 0 unspecified atom stereocenters. The van der Waals surface area contributed by atoms with Gasteiger partial charge in [0.25, 0.3) is 0 Å². The number of aromatic nitrogens is 1. The van der Waals surface area contributed by atoms with E-state index in [1.165, 1.54) is 5.56 Å². The summed E-state index contributed by atoms with van der Waals surface area (Å²) in [4.78, 5) is 4.80. The standard InChI is InChI=1S/C21H14ClNS/c22-19-11-9-15(10-12-19)17-7-4-8-18(13-17)20-14-24-21(23-20)16-5-2-1-3-6-16/h1-14H. The molecule has 1 heterocycles. The summed E-state index contributed by atoms with van der Waals surface area (Å²) in [6.45, 7) is 0. The Labute approximate surface area is 150 Å². The van der Waals surface area contributed by atoms with Gasteiger partial charge in [-0.15, -0.1) is 11.3 Å². The lowest BCUT2D eigenvalue weighted by atomic mass is 10.0. The van der Waals surface area contributed by atoms with Gasteiger partial charge >= 0.3 is 0 Å². The average Bonchev–Trinajstić information content (AvgIpc) is 3.13. The van der Waals surface area contributed by atoms with Crippen molar-refractivity contribution in [1.29, 1.82) is 0 Å². The van der Waals surface area contributed by atoms with Crippen molar-refractivity contribution >= 4 is 22.9 Å². The third kappa shape index (κ3) is 3.12. The van der Waals surface area contributed by atoms with Gasteiger partial charge in [0, 0.05) is 21.5 Å². The monoisotopic (exact) mass is 347 g/mol. The van der Waals surface area contributed by atoms with Crippen LogP contribution in [-0.4, -0.2) is 4.98 Å². The maximum absolute atomic E-state index is 5.98. The van der Waals surface area contributed by atoms with Crippen LogP contribution in [0.1, 0.15) is 0 Å². The van der Waals surface area contributed by atoms with Crippen LogP contribution in [0.25, 0.3) is 33.0 Å². The smallest absolute Gasteiger partial charge is 0.124 e. The Kier molecular flexibility index (Phi) is 4.16. The van der Waals surface area contributed by atoms with E-state index in [9.17, 15) is 0 Å². The van der Waals surface area contributed by atoms with Crippen LogP contribution >= 0.6 is 22.9 Å². The molecule has 4 aromatic rings. The van der Waals surface area contributed by atoms with Crippen molar-refractivity contribution in [3.8, 4) is 33.0 Å². The molecule has 3 aromatic carbocycles. The summed E-state index contributed by atoms with van der Waals surface area (Å²) >= 11 is 7.65. The molecule has 24 heavy (non-hydrogen) atoms. The summed E-state index contributed by atoms with van der Waals surface area (Å²) in [6.07, 6.45) is 0. The molecule has 0 saturated heterocycles. The van der Waals surface area contributed by atoms with Crippen molar-refractivity contribution in [2.24, 2.45) is 0 Å². The van der Waals surface area contributed by atoms with Gasteiger partial charge in [0.15, 0.2) is 0 Å². The van der Waals surface area contributed by atoms with Crippen molar-refractivity contribution in [2.45, 2.75) is 0 Å². The zero-order valence-electron chi connectivity index (χ0n) is 12.8. The van der Waals surface area contributed by atoms with E-state index < -0.39 is 0 Å². The zero-order chi connectivity index (χ0) is 16.4. The summed E-state index contributed by atoms with van der Waals surface area (Å²) < 4.78 is 0. The Morgan fingerprint density at radius 3 is 2.17 bits per heavy atom. The molecular formula is C21H14ClNS. The van der Waals surface area contributed by atoms with E-state index >= 15 is 0 Å². The van der Waals surface area contributed by atoms with Crippen molar-refractivity contribution < 1.29 is 0 Å². The van der Waals surface area contributed by atoms with Crippen LogP contribution in [0.3, 0.4) is 0 Å². The number of hydrogen-bond acceptors (Lipinski definition) is 2. The minimum Gasteiger partial charge on any atom is -0.236 e. The van der Waals surface area contributed by atoms with Gasteiger partial charge in [-0.1, -0.05) is 72.3 Å².